The van der Waals surface area contributed by atoms with Crippen LogP contribution in [0.25, 0.3) is 11.7 Å². The summed E-state index contributed by atoms with van der Waals surface area (Å²) in [6, 6.07) is 4.03. The Labute approximate surface area is 111 Å². The maximum Gasteiger partial charge on any atom is 0.283 e. The Balaban J connectivity index is 1.69. The Morgan fingerprint density at radius 2 is 2.32 bits per heavy atom. The molecule has 1 atom stereocenters. The summed E-state index contributed by atoms with van der Waals surface area (Å²) in [5.41, 5.74) is 5.81. The Kier molecular flexibility index (Phi) is 3.61. The molecule has 2 aromatic rings. The summed E-state index contributed by atoms with van der Waals surface area (Å²) in [6.45, 7) is 2.38. The van der Waals surface area contributed by atoms with E-state index in [2.05, 4.69) is 15.1 Å². The molecule has 0 aliphatic carbocycles. The normalized spacial score (nSPS) is 20.8. The molecular formula is C13H18N4O2. The fourth-order valence-electron chi connectivity index (χ4n) is 2.53. The second kappa shape index (κ2) is 5.54. The smallest absolute Gasteiger partial charge is 0.283 e. The first-order chi connectivity index (χ1) is 9.36. The molecule has 1 aliphatic heterocycles. The molecule has 102 valence electrons. The van der Waals surface area contributed by atoms with Crippen molar-refractivity contribution in [1.29, 1.82) is 0 Å². The first kappa shape index (κ1) is 12.4. The molecule has 3 heterocycles. The van der Waals surface area contributed by atoms with E-state index in [0.29, 0.717) is 36.7 Å². The Morgan fingerprint density at radius 3 is 3.11 bits per heavy atom. The molecule has 6 nitrogen and oxygen atoms in total. The number of hydrogen-bond donors (Lipinski definition) is 1. The highest BCUT2D eigenvalue weighted by molar-refractivity contribution is 5.42. The van der Waals surface area contributed by atoms with Gasteiger partial charge in [-0.3, -0.25) is 4.90 Å². The van der Waals surface area contributed by atoms with Crippen LogP contribution in [0.4, 0.5) is 0 Å². The van der Waals surface area contributed by atoms with Gasteiger partial charge in [-0.25, -0.2) is 0 Å². The van der Waals surface area contributed by atoms with Gasteiger partial charge in [-0.05, 0) is 31.5 Å². The lowest BCUT2D eigenvalue weighted by molar-refractivity contribution is 0.132. The zero-order chi connectivity index (χ0) is 13.1. The van der Waals surface area contributed by atoms with Crippen LogP contribution in [-0.4, -0.2) is 34.2 Å². The van der Waals surface area contributed by atoms with Crippen LogP contribution in [-0.2, 0) is 6.54 Å². The standard InChI is InChI=1S/C13H18N4O2/c14-8-10-4-1-2-6-17(10)9-12-15-16-13(19-12)11-5-3-7-18-11/h3,5,7,10H,1-2,4,6,8-9,14H2. The molecular weight excluding hydrogens is 244 g/mol. The first-order valence-corrected chi connectivity index (χ1v) is 6.67. The largest absolute Gasteiger partial charge is 0.459 e. The van der Waals surface area contributed by atoms with Gasteiger partial charge in [0, 0.05) is 12.6 Å². The molecule has 0 spiro atoms. The third-order valence-electron chi connectivity index (χ3n) is 3.56. The van der Waals surface area contributed by atoms with Crippen LogP contribution >= 0.6 is 0 Å². The Morgan fingerprint density at radius 1 is 1.37 bits per heavy atom. The molecule has 0 aromatic carbocycles. The van der Waals surface area contributed by atoms with Crippen LogP contribution in [0.5, 0.6) is 0 Å². The molecule has 2 N–H and O–H groups in total. The molecule has 1 aliphatic rings. The minimum atomic E-state index is 0.424. The van der Waals surface area contributed by atoms with Crippen LogP contribution in [0.1, 0.15) is 25.2 Å². The monoisotopic (exact) mass is 262 g/mol. The molecule has 19 heavy (non-hydrogen) atoms. The highest BCUT2D eigenvalue weighted by Crippen LogP contribution is 2.21. The SMILES string of the molecule is NCC1CCCCN1Cc1nnc(-c2ccco2)o1. The van der Waals surface area contributed by atoms with Crippen molar-refractivity contribution in [2.45, 2.75) is 31.8 Å². The molecule has 0 bridgehead atoms. The van der Waals surface area contributed by atoms with Crippen molar-refractivity contribution in [2.24, 2.45) is 5.73 Å². The summed E-state index contributed by atoms with van der Waals surface area (Å²) in [4.78, 5) is 2.32. The maximum atomic E-state index is 5.81. The fraction of sp³-hybridized carbons (Fsp3) is 0.538. The lowest BCUT2D eigenvalue weighted by Gasteiger charge is -2.33. The van der Waals surface area contributed by atoms with Gasteiger partial charge in [-0.15, -0.1) is 10.2 Å². The van der Waals surface area contributed by atoms with Gasteiger partial charge >= 0.3 is 0 Å². The van der Waals surface area contributed by atoms with Gasteiger partial charge in [0.1, 0.15) is 0 Å². The van der Waals surface area contributed by atoms with Gasteiger partial charge in [0.25, 0.3) is 5.89 Å². The van der Waals surface area contributed by atoms with E-state index in [1.807, 2.05) is 0 Å². The van der Waals surface area contributed by atoms with Gasteiger partial charge in [-0.2, -0.15) is 0 Å². The van der Waals surface area contributed by atoms with E-state index < -0.39 is 0 Å². The van der Waals surface area contributed by atoms with Crippen LogP contribution < -0.4 is 5.73 Å². The number of aromatic nitrogens is 2. The van der Waals surface area contributed by atoms with Gasteiger partial charge in [0.15, 0.2) is 5.76 Å². The lowest BCUT2D eigenvalue weighted by atomic mass is 10.0. The average Bonchev–Trinajstić information content (AvgIpc) is 3.09. The predicted molar refractivity (Wildman–Crippen MR) is 69.1 cm³/mol. The van der Waals surface area contributed by atoms with E-state index >= 15 is 0 Å². The zero-order valence-corrected chi connectivity index (χ0v) is 10.8. The third-order valence-corrected chi connectivity index (χ3v) is 3.56. The van der Waals surface area contributed by atoms with Crippen molar-refractivity contribution in [2.75, 3.05) is 13.1 Å². The number of rotatable bonds is 4. The summed E-state index contributed by atoms with van der Waals surface area (Å²) in [5, 5.41) is 8.08. The van der Waals surface area contributed by atoms with Crippen LogP contribution in [0, 0.1) is 0 Å². The van der Waals surface area contributed by atoms with E-state index in [9.17, 15) is 0 Å². The zero-order valence-electron chi connectivity index (χ0n) is 10.8. The highest BCUT2D eigenvalue weighted by atomic mass is 16.4. The minimum Gasteiger partial charge on any atom is -0.459 e. The number of hydrogen-bond acceptors (Lipinski definition) is 6. The summed E-state index contributed by atoms with van der Waals surface area (Å²) in [5.74, 6) is 1.65. The van der Waals surface area contributed by atoms with E-state index in [4.69, 9.17) is 14.6 Å². The minimum absolute atomic E-state index is 0.424. The van der Waals surface area contributed by atoms with Crippen molar-refractivity contribution >= 4 is 0 Å². The van der Waals surface area contributed by atoms with Crippen molar-refractivity contribution in [1.82, 2.24) is 15.1 Å². The van der Waals surface area contributed by atoms with Crippen LogP contribution in [0.15, 0.2) is 27.2 Å². The average molecular weight is 262 g/mol. The van der Waals surface area contributed by atoms with Gasteiger partial charge in [0.2, 0.25) is 5.89 Å². The quantitative estimate of drug-likeness (QED) is 0.902. The highest BCUT2D eigenvalue weighted by Gasteiger charge is 2.23. The molecule has 1 fully saturated rings. The first-order valence-electron chi connectivity index (χ1n) is 6.67. The summed E-state index contributed by atoms with van der Waals surface area (Å²) >= 11 is 0. The Hall–Kier alpha value is -1.66. The molecule has 0 radical (unpaired) electrons. The fourth-order valence-corrected chi connectivity index (χ4v) is 2.53. The van der Waals surface area contributed by atoms with Gasteiger partial charge < -0.3 is 14.6 Å². The Bertz CT molecular complexity index is 508. The van der Waals surface area contributed by atoms with Crippen molar-refractivity contribution in [3.05, 3.63) is 24.3 Å². The van der Waals surface area contributed by atoms with E-state index in [1.165, 1.54) is 12.8 Å². The molecule has 1 saturated heterocycles. The van der Waals surface area contributed by atoms with Crippen molar-refractivity contribution in [3.8, 4) is 11.7 Å². The summed E-state index contributed by atoms with van der Waals surface area (Å²) < 4.78 is 10.9. The van der Waals surface area contributed by atoms with Gasteiger partial charge in [0.05, 0.1) is 12.8 Å². The van der Waals surface area contributed by atoms with Crippen LogP contribution in [0.2, 0.25) is 0 Å². The molecule has 0 amide bonds. The number of likely N-dealkylation sites (tertiary alicyclic amines) is 1. The van der Waals surface area contributed by atoms with E-state index in [0.717, 1.165) is 13.0 Å². The number of furan rings is 1. The third kappa shape index (κ3) is 2.69. The van der Waals surface area contributed by atoms with Crippen molar-refractivity contribution < 1.29 is 8.83 Å². The summed E-state index contributed by atoms with van der Waals surface area (Å²) in [6.07, 6.45) is 5.19. The molecule has 1 unspecified atom stereocenters. The number of nitrogens with two attached hydrogens (primary N) is 1. The lowest BCUT2D eigenvalue weighted by Crippen LogP contribution is -2.43. The maximum absolute atomic E-state index is 5.81. The second-order valence-electron chi connectivity index (χ2n) is 4.83. The number of nitrogens with zero attached hydrogens (tertiary/aromatic N) is 3. The molecule has 0 saturated carbocycles. The molecule has 6 heteroatoms. The van der Waals surface area contributed by atoms with Crippen molar-refractivity contribution in [3.63, 3.8) is 0 Å². The topological polar surface area (TPSA) is 81.3 Å². The number of piperidine rings is 1. The van der Waals surface area contributed by atoms with Crippen LogP contribution in [0.3, 0.4) is 0 Å². The molecule has 2 aromatic heterocycles. The van der Waals surface area contributed by atoms with E-state index in [1.54, 1.807) is 18.4 Å². The summed E-state index contributed by atoms with van der Waals surface area (Å²) in [7, 11) is 0. The predicted octanol–water partition coefficient (Wildman–Crippen LogP) is 1.64. The second-order valence-corrected chi connectivity index (χ2v) is 4.83. The van der Waals surface area contributed by atoms with E-state index in [-0.39, 0.29) is 0 Å². The van der Waals surface area contributed by atoms with Gasteiger partial charge in [-0.1, -0.05) is 6.42 Å². The molecule has 3 rings (SSSR count).